The van der Waals surface area contributed by atoms with Crippen molar-refractivity contribution in [2.45, 2.75) is 32.4 Å². The van der Waals surface area contributed by atoms with E-state index in [4.69, 9.17) is 0 Å². The van der Waals surface area contributed by atoms with Gasteiger partial charge in [0.2, 0.25) is 5.91 Å². The highest BCUT2D eigenvalue weighted by Gasteiger charge is 2.57. The van der Waals surface area contributed by atoms with Crippen molar-refractivity contribution in [2.75, 3.05) is 13.1 Å². The van der Waals surface area contributed by atoms with Crippen molar-refractivity contribution in [3.05, 3.63) is 29.8 Å². The second kappa shape index (κ2) is 6.20. The minimum Gasteiger partial charge on any atom is -0.435 e. The van der Waals surface area contributed by atoms with E-state index >= 15 is 0 Å². The minimum absolute atomic E-state index is 0.0714. The van der Waals surface area contributed by atoms with Gasteiger partial charge in [-0.1, -0.05) is 12.1 Å². The molecule has 120 valence electrons. The zero-order valence-electron chi connectivity index (χ0n) is 12.3. The zero-order valence-corrected chi connectivity index (χ0v) is 12.3. The Morgan fingerprint density at radius 2 is 2.18 bits per heavy atom. The quantitative estimate of drug-likeness (QED) is 0.877. The molecule has 1 aliphatic carbocycles. The third-order valence-electron chi connectivity index (χ3n) is 4.70. The van der Waals surface area contributed by atoms with Gasteiger partial charge in [0.25, 0.3) is 0 Å². The third kappa shape index (κ3) is 3.38. The number of halogens is 2. The molecule has 2 fully saturated rings. The van der Waals surface area contributed by atoms with Crippen molar-refractivity contribution in [3.8, 4) is 5.75 Å². The number of ether oxygens (including phenoxy) is 1. The molecule has 0 aromatic heterocycles. The summed E-state index contributed by atoms with van der Waals surface area (Å²) in [6.45, 7) is -0.534. The third-order valence-corrected chi connectivity index (χ3v) is 4.70. The zero-order chi connectivity index (χ0) is 15.6. The van der Waals surface area contributed by atoms with E-state index in [1.165, 1.54) is 12.1 Å². The number of amides is 1. The number of carbonyl (C=O) groups excluding carboxylic acids is 1. The Labute approximate surface area is 128 Å². The minimum atomic E-state index is -2.84. The maximum atomic E-state index is 12.2. The van der Waals surface area contributed by atoms with Gasteiger partial charge in [-0.2, -0.15) is 8.78 Å². The second-order valence-corrected chi connectivity index (χ2v) is 6.11. The van der Waals surface area contributed by atoms with Crippen LogP contribution in [0, 0.1) is 11.3 Å². The molecule has 1 spiro atoms. The Bertz CT molecular complexity index is 545. The van der Waals surface area contributed by atoms with Crippen LogP contribution in [0.15, 0.2) is 24.3 Å². The van der Waals surface area contributed by atoms with Crippen molar-refractivity contribution in [1.82, 2.24) is 10.6 Å². The van der Waals surface area contributed by atoms with Crippen LogP contribution in [-0.4, -0.2) is 25.6 Å². The van der Waals surface area contributed by atoms with Crippen LogP contribution in [0.3, 0.4) is 0 Å². The number of benzene rings is 1. The number of hydrogen-bond donors (Lipinski definition) is 2. The van der Waals surface area contributed by atoms with E-state index in [-0.39, 0.29) is 23.0 Å². The lowest BCUT2D eigenvalue weighted by atomic mass is 9.92. The summed E-state index contributed by atoms with van der Waals surface area (Å²) in [7, 11) is 0. The standard InChI is InChI=1S/C16H20F2N2O2/c17-15(18)22-12-3-1-2-11(8-12)10-20-14(21)13-9-16(13)4-6-19-7-5-16/h1-3,8,13,15,19H,4-7,9-10H2,(H,20,21). The van der Waals surface area contributed by atoms with E-state index in [1.54, 1.807) is 12.1 Å². The highest BCUT2D eigenvalue weighted by Crippen LogP contribution is 2.58. The van der Waals surface area contributed by atoms with Gasteiger partial charge in [-0.3, -0.25) is 4.79 Å². The van der Waals surface area contributed by atoms with Gasteiger partial charge in [-0.25, -0.2) is 0 Å². The van der Waals surface area contributed by atoms with E-state index in [0.717, 1.165) is 37.9 Å². The van der Waals surface area contributed by atoms with E-state index in [1.807, 2.05) is 0 Å². The SMILES string of the molecule is O=C(NCc1cccc(OC(F)F)c1)C1CC12CCNCC2. The van der Waals surface area contributed by atoms with Crippen molar-refractivity contribution in [2.24, 2.45) is 11.3 Å². The van der Waals surface area contributed by atoms with Crippen LogP contribution >= 0.6 is 0 Å². The molecule has 0 bridgehead atoms. The van der Waals surface area contributed by atoms with E-state index in [9.17, 15) is 13.6 Å². The molecule has 0 radical (unpaired) electrons. The molecule has 1 atom stereocenters. The van der Waals surface area contributed by atoms with Crippen molar-refractivity contribution < 1.29 is 18.3 Å². The van der Waals surface area contributed by atoms with Gasteiger partial charge in [-0.15, -0.1) is 0 Å². The Balaban J connectivity index is 1.51. The molecule has 1 aromatic rings. The van der Waals surface area contributed by atoms with Gasteiger partial charge in [-0.05, 0) is 55.5 Å². The van der Waals surface area contributed by atoms with Gasteiger partial charge < -0.3 is 15.4 Å². The number of hydrogen-bond acceptors (Lipinski definition) is 3. The molecule has 1 unspecified atom stereocenters. The average Bonchev–Trinajstić information content (AvgIpc) is 3.18. The van der Waals surface area contributed by atoms with Crippen LogP contribution in [0.2, 0.25) is 0 Å². The fourth-order valence-electron chi connectivity index (χ4n) is 3.34. The lowest BCUT2D eigenvalue weighted by Crippen LogP contribution is -2.33. The van der Waals surface area contributed by atoms with Gasteiger partial charge in [0.1, 0.15) is 5.75 Å². The molecule has 2 N–H and O–H groups in total. The molecule has 6 heteroatoms. The smallest absolute Gasteiger partial charge is 0.387 e. The molecular formula is C16H20F2N2O2. The summed E-state index contributed by atoms with van der Waals surface area (Å²) < 4.78 is 28.7. The summed E-state index contributed by atoms with van der Waals surface area (Å²) in [5.41, 5.74) is 0.960. The van der Waals surface area contributed by atoms with Crippen LogP contribution in [0.5, 0.6) is 5.75 Å². The van der Waals surface area contributed by atoms with Gasteiger partial charge in [0.15, 0.2) is 0 Å². The average molecular weight is 310 g/mol. The van der Waals surface area contributed by atoms with Crippen LogP contribution < -0.4 is 15.4 Å². The highest BCUT2D eigenvalue weighted by molar-refractivity contribution is 5.82. The first-order valence-electron chi connectivity index (χ1n) is 7.61. The molecule has 1 heterocycles. The lowest BCUT2D eigenvalue weighted by molar-refractivity contribution is -0.123. The summed E-state index contributed by atoms with van der Waals surface area (Å²) in [6.07, 6.45) is 3.08. The number of alkyl halides is 2. The predicted octanol–water partition coefficient (Wildman–Crippen LogP) is 2.29. The number of carbonyl (C=O) groups is 1. The first-order valence-corrected chi connectivity index (χ1v) is 7.61. The molecule has 1 amide bonds. The molecule has 1 saturated heterocycles. The Kier molecular flexibility index (Phi) is 4.29. The Hall–Kier alpha value is -1.69. The normalized spacial score (nSPS) is 22.6. The molecule has 4 nitrogen and oxygen atoms in total. The van der Waals surface area contributed by atoms with Crippen LogP contribution in [-0.2, 0) is 11.3 Å². The van der Waals surface area contributed by atoms with Gasteiger partial charge in [0, 0.05) is 12.5 Å². The fraction of sp³-hybridized carbons (Fsp3) is 0.562. The van der Waals surface area contributed by atoms with E-state index in [2.05, 4.69) is 15.4 Å². The van der Waals surface area contributed by atoms with Crippen molar-refractivity contribution in [1.29, 1.82) is 0 Å². The van der Waals surface area contributed by atoms with E-state index in [0.29, 0.717) is 6.54 Å². The largest absolute Gasteiger partial charge is 0.435 e. The predicted molar refractivity (Wildman–Crippen MR) is 77.6 cm³/mol. The van der Waals surface area contributed by atoms with Gasteiger partial charge in [0.05, 0.1) is 0 Å². The monoisotopic (exact) mass is 310 g/mol. The fourth-order valence-corrected chi connectivity index (χ4v) is 3.34. The van der Waals surface area contributed by atoms with Crippen LogP contribution in [0.4, 0.5) is 8.78 Å². The number of rotatable bonds is 5. The molecule has 3 rings (SSSR count). The maximum absolute atomic E-state index is 12.2. The first kappa shape index (κ1) is 15.2. The molecule has 22 heavy (non-hydrogen) atoms. The summed E-state index contributed by atoms with van der Waals surface area (Å²) in [5, 5.41) is 6.22. The van der Waals surface area contributed by atoms with E-state index < -0.39 is 6.61 Å². The number of nitrogens with one attached hydrogen (secondary N) is 2. The maximum Gasteiger partial charge on any atom is 0.387 e. The summed E-state index contributed by atoms with van der Waals surface area (Å²) in [5.74, 6) is 0.292. The summed E-state index contributed by atoms with van der Waals surface area (Å²) in [6, 6.07) is 6.43. The van der Waals surface area contributed by atoms with Gasteiger partial charge >= 0.3 is 6.61 Å². The molecular weight excluding hydrogens is 290 g/mol. The molecule has 1 aliphatic heterocycles. The lowest BCUT2D eigenvalue weighted by Gasteiger charge is -2.23. The van der Waals surface area contributed by atoms with Crippen LogP contribution in [0.25, 0.3) is 0 Å². The highest BCUT2D eigenvalue weighted by atomic mass is 19.3. The molecule has 1 saturated carbocycles. The topological polar surface area (TPSA) is 50.4 Å². The first-order chi connectivity index (χ1) is 10.6. The van der Waals surface area contributed by atoms with Crippen LogP contribution in [0.1, 0.15) is 24.8 Å². The molecule has 1 aromatic carbocycles. The second-order valence-electron chi connectivity index (χ2n) is 6.11. The number of piperidine rings is 1. The summed E-state index contributed by atoms with van der Waals surface area (Å²) in [4.78, 5) is 12.2. The Morgan fingerprint density at radius 1 is 1.41 bits per heavy atom. The molecule has 2 aliphatic rings. The van der Waals surface area contributed by atoms with Crippen molar-refractivity contribution >= 4 is 5.91 Å². The summed E-state index contributed by atoms with van der Waals surface area (Å²) >= 11 is 0. The van der Waals surface area contributed by atoms with Crippen molar-refractivity contribution in [3.63, 3.8) is 0 Å². The Morgan fingerprint density at radius 3 is 2.91 bits per heavy atom.